The summed E-state index contributed by atoms with van der Waals surface area (Å²) in [4.78, 5) is 28.6. The lowest BCUT2D eigenvalue weighted by atomic mass is 9.95. The van der Waals surface area contributed by atoms with Crippen molar-refractivity contribution >= 4 is 27.5 Å². The lowest BCUT2D eigenvalue weighted by Crippen LogP contribution is -2.53. The van der Waals surface area contributed by atoms with Crippen molar-refractivity contribution < 1.29 is 22.4 Å². The molecule has 3 aromatic carbocycles. The van der Waals surface area contributed by atoms with E-state index in [4.69, 9.17) is 0 Å². The Morgan fingerprint density at radius 1 is 0.897 bits per heavy atom. The Bertz CT molecular complexity index is 1350. The van der Waals surface area contributed by atoms with Crippen molar-refractivity contribution in [3.05, 3.63) is 96.3 Å². The van der Waals surface area contributed by atoms with Gasteiger partial charge in [-0.15, -0.1) is 0 Å². The highest BCUT2D eigenvalue weighted by molar-refractivity contribution is 7.92. The van der Waals surface area contributed by atoms with Crippen LogP contribution in [0.3, 0.4) is 0 Å². The molecular formula is C30H34FN3O4S. The van der Waals surface area contributed by atoms with Gasteiger partial charge in [-0.3, -0.25) is 13.9 Å². The van der Waals surface area contributed by atoms with Gasteiger partial charge in [-0.05, 0) is 61.7 Å². The van der Waals surface area contributed by atoms with Gasteiger partial charge in [0.05, 0.1) is 10.6 Å². The minimum Gasteiger partial charge on any atom is -0.352 e. The van der Waals surface area contributed by atoms with Crippen LogP contribution < -0.4 is 9.62 Å². The van der Waals surface area contributed by atoms with Gasteiger partial charge in [-0.2, -0.15) is 0 Å². The first kappa shape index (κ1) is 28.3. The van der Waals surface area contributed by atoms with Crippen molar-refractivity contribution in [2.45, 2.75) is 62.6 Å². The predicted octanol–water partition coefficient (Wildman–Crippen LogP) is 4.89. The molecule has 0 spiro atoms. The highest BCUT2D eigenvalue weighted by Gasteiger charge is 2.33. The molecule has 1 aliphatic rings. The second-order valence-corrected chi connectivity index (χ2v) is 11.7. The molecule has 0 aliphatic heterocycles. The molecule has 0 aromatic heterocycles. The monoisotopic (exact) mass is 551 g/mol. The van der Waals surface area contributed by atoms with Crippen LogP contribution >= 0.6 is 0 Å². The van der Waals surface area contributed by atoms with Crippen molar-refractivity contribution in [3.8, 4) is 0 Å². The zero-order chi connectivity index (χ0) is 27.8. The molecule has 1 fully saturated rings. The smallest absolute Gasteiger partial charge is 0.264 e. The Morgan fingerprint density at radius 2 is 1.49 bits per heavy atom. The van der Waals surface area contributed by atoms with E-state index >= 15 is 0 Å². The standard InChI is InChI=1S/C30H34FN3O4S/c1-23(30(36)32-26-11-5-2-6-12-26)33(21-24-17-19-25(31)20-18-24)29(35)22-34(27-13-7-3-8-14-27)39(37,38)28-15-9-4-10-16-28/h3-4,7-10,13-20,23,26H,2,5-6,11-12,21-22H2,1H3,(H,32,36)/t23-/m0/s1. The van der Waals surface area contributed by atoms with E-state index in [1.54, 1.807) is 67.6 Å². The number of benzene rings is 3. The van der Waals surface area contributed by atoms with Gasteiger partial charge in [0.25, 0.3) is 10.0 Å². The van der Waals surface area contributed by atoms with Crippen molar-refractivity contribution in [1.82, 2.24) is 10.2 Å². The van der Waals surface area contributed by atoms with Gasteiger partial charge in [0, 0.05) is 12.6 Å². The highest BCUT2D eigenvalue weighted by Crippen LogP contribution is 2.24. The first-order valence-corrected chi connectivity index (χ1v) is 14.7. The topological polar surface area (TPSA) is 86.8 Å². The van der Waals surface area contributed by atoms with Crippen LogP contribution in [0.2, 0.25) is 0 Å². The van der Waals surface area contributed by atoms with Crippen LogP contribution in [0.4, 0.5) is 10.1 Å². The van der Waals surface area contributed by atoms with Gasteiger partial charge in [-0.1, -0.05) is 67.8 Å². The Labute approximate surface area is 229 Å². The molecule has 0 radical (unpaired) electrons. The van der Waals surface area contributed by atoms with Crippen molar-refractivity contribution in [2.75, 3.05) is 10.8 Å². The summed E-state index contributed by atoms with van der Waals surface area (Å²) >= 11 is 0. The number of halogens is 1. The molecule has 0 unspecified atom stereocenters. The van der Waals surface area contributed by atoms with E-state index in [2.05, 4.69) is 5.32 Å². The normalized spacial score (nSPS) is 14.8. The van der Waals surface area contributed by atoms with E-state index in [0.717, 1.165) is 36.4 Å². The third kappa shape index (κ3) is 7.23. The molecule has 2 amide bonds. The molecule has 1 saturated carbocycles. The fraction of sp³-hybridized carbons (Fsp3) is 0.333. The average Bonchev–Trinajstić information content (AvgIpc) is 2.96. The summed E-state index contributed by atoms with van der Waals surface area (Å²) in [5.74, 6) is -1.26. The number of hydrogen-bond acceptors (Lipinski definition) is 4. The Hall–Kier alpha value is -3.72. The van der Waals surface area contributed by atoms with Crippen LogP contribution in [-0.2, 0) is 26.2 Å². The quantitative estimate of drug-likeness (QED) is 0.389. The predicted molar refractivity (Wildman–Crippen MR) is 149 cm³/mol. The lowest BCUT2D eigenvalue weighted by Gasteiger charge is -2.33. The number of carbonyl (C=O) groups is 2. The van der Waals surface area contributed by atoms with Crippen LogP contribution in [0, 0.1) is 5.82 Å². The van der Waals surface area contributed by atoms with Gasteiger partial charge in [-0.25, -0.2) is 12.8 Å². The van der Waals surface area contributed by atoms with Crippen molar-refractivity contribution in [1.29, 1.82) is 0 Å². The minimum absolute atomic E-state index is 0.0202. The molecule has 4 rings (SSSR count). The Kier molecular flexibility index (Phi) is 9.35. The second kappa shape index (κ2) is 12.9. The number of nitrogens with zero attached hydrogens (tertiary/aromatic N) is 2. The Balaban J connectivity index is 1.64. The third-order valence-corrected chi connectivity index (χ3v) is 8.83. The van der Waals surface area contributed by atoms with Crippen molar-refractivity contribution in [2.24, 2.45) is 0 Å². The van der Waals surface area contributed by atoms with Crippen LogP contribution in [-0.4, -0.2) is 43.8 Å². The van der Waals surface area contributed by atoms with Gasteiger partial charge in [0.2, 0.25) is 11.8 Å². The number of nitrogens with one attached hydrogen (secondary N) is 1. The summed E-state index contributed by atoms with van der Waals surface area (Å²) in [6, 6.07) is 21.2. The molecule has 0 heterocycles. The fourth-order valence-corrected chi connectivity index (χ4v) is 6.22. The zero-order valence-electron chi connectivity index (χ0n) is 22.0. The number of amides is 2. The number of hydrogen-bond donors (Lipinski definition) is 1. The molecule has 3 aromatic rings. The summed E-state index contributed by atoms with van der Waals surface area (Å²) in [6.45, 7) is 1.15. The summed E-state index contributed by atoms with van der Waals surface area (Å²) in [5.41, 5.74) is 0.954. The maximum atomic E-state index is 13.9. The van der Waals surface area contributed by atoms with Crippen molar-refractivity contribution in [3.63, 3.8) is 0 Å². The summed E-state index contributed by atoms with van der Waals surface area (Å²) in [6.07, 6.45) is 5.01. The first-order chi connectivity index (χ1) is 18.8. The largest absolute Gasteiger partial charge is 0.352 e. The fourth-order valence-electron chi connectivity index (χ4n) is 4.78. The van der Waals surface area contributed by atoms with Crippen LogP contribution in [0.5, 0.6) is 0 Å². The summed E-state index contributed by atoms with van der Waals surface area (Å²) in [5, 5.41) is 3.07. The lowest BCUT2D eigenvalue weighted by molar-refractivity contribution is -0.139. The molecule has 7 nitrogen and oxygen atoms in total. The van der Waals surface area contributed by atoms with Gasteiger partial charge in [0.15, 0.2) is 0 Å². The van der Waals surface area contributed by atoms with E-state index in [1.165, 1.54) is 29.2 Å². The second-order valence-electron chi connectivity index (χ2n) is 9.83. The first-order valence-electron chi connectivity index (χ1n) is 13.2. The molecule has 0 bridgehead atoms. The SMILES string of the molecule is C[C@@H](C(=O)NC1CCCCC1)N(Cc1ccc(F)cc1)C(=O)CN(c1ccccc1)S(=O)(=O)c1ccccc1. The molecule has 1 N–H and O–H groups in total. The Morgan fingerprint density at radius 3 is 2.10 bits per heavy atom. The maximum Gasteiger partial charge on any atom is 0.264 e. The van der Waals surface area contributed by atoms with E-state index in [0.29, 0.717) is 11.3 Å². The number of para-hydroxylation sites is 1. The molecule has 39 heavy (non-hydrogen) atoms. The maximum absolute atomic E-state index is 13.9. The van der Waals surface area contributed by atoms with Crippen LogP contribution in [0.25, 0.3) is 0 Å². The highest BCUT2D eigenvalue weighted by atomic mass is 32.2. The molecule has 1 atom stereocenters. The van der Waals surface area contributed by atoms with Crippen LogP contribution in [0.15, 0.2) is 89.8 Å². The number of carbonyl (C=O) groups excluding carboxylic acids is 2. The summed E-state index contributed by atoms with van der Waals surface area (Å²) < 4.78 is 42.0. The molecule has 0 saturated heterocycles. The third-order valence-electron chi connectivity index (χ3n) is 7.04. The van der Waals surface area contributed by atoms with E-state index in [1.807, 2.05) is 0 Å². The zero-order valence-corrected chi connectivity index (χ0v) is 22.8. The van der Waals surface area contributed by atoms with Gasteiger partial charge < -0.3 is 10.2 Å². The van der Waals surface area contributed by atoms with E-state index in [-0.39, 0.29) is 23.4 Å². The number of sulfonamides is 1. The van der Waals surface area contributed by atoms with E-state index < -0.39 is 34.3 Å². The molecular weight excluding hydrogens is 517 g/mol. The van der Waals surface area contributed by atoms with Gasteiger partial charge in [0.1, 0.15) is 18.4 Å². The molecule has 206 valence electrons. The molecule has 9 heteroatoms. The van der Waals surface area contributed by atoms with E-state index in [9.17, 15) is 22.4 Å². The molecule has 1 aliphatic carbocycles. The summed E-state index contributed by atoms with van der Waals surface area (Å²) in [7, 11) is -4.09. The number of rotatable bonds is 10. The van der Waals surface area contributed by atoms with Crippen LogP contribution in [0.1, 0.15) is 44.6 Å². The average molecular weight is 552 g/mol. The van der Waals surface area contributed by atoms with Gasteiger partial charge >= 0.3 is 0 Å². The minimum atomic E-state index is -4.09. The number of anilines is 1.